The molecule has 11 nitrogen and oxygen atoms in total. The minimum atomic E-state index is -1.61. The molecule has 0 spiro atoms. The number of esters is 1. The highest BCUT2D eigenvalue weighted by atomic mass is 16.8. The van der Waals surface area contributed by atoms with Crippen molar-refractivity contribution in [3.63, 3.8) is 0 Å². The monoisotopic (exact) mass is 448 g/mol. The van der Waals surface area contributed by atoms with Crippen molar-refractivity contribution < 1.29 is 53.6 Å². The lowest BCUT2D eigenvalue weighted by Crippen LogP contribution is -2.60. The van der Waals surface area contributed by atoms with Crippen LogP contribution in [-0.4, -0.2) is 97.1 Å². The maximum Gasteiger partial charge on any atom is 0.337 e. The van der Waals surface area contributed by atoms with Crippen LogP contribution in [0.2, 0.25) is 0 Å². The highest BCUT2D eigenvalue weighted by molar-refractivity contribution is 5.88. The van der Waals surface area contributed by atoms with E-state index in [0.717, 1.165) is 0 Å². The van der Waals surface area contributed by atoms with Crippen molar-refractivity contribution in [2.45, 2.75) is 56.6 Å². The van der Waals surface area contributed by atoms with Crippen LogP contribution in [0.15, 0.2) is 24.5 Å². The quantitative estimate of drug-likeness (QED) is 0.185. The van der Waals surface area contributed by atoms with Gasteiger partial charge < -0.3 is 48.8 Å². The van der Waals surface area contributed by atoms with Crippen molar-refractivity contribution in [2.24, 2.45) is 11.8 Å². The van der Waals surface area contributed by atoms with E-state index in [4.69, 9.17) is 28.4 Å². The van der Waals surface area contributed by atoms with Crippen LogP contribution < -0.4 is 0 Å². The molecule has 11 heteroatoms. The minimum Gasteiger partial charge on any atom is -0.471 e. The van der Waals surface area contributed by atoms with Gasteiger partial charge in [0.1, 0.15) is 24.4 Å². The van der Waals surface area contributed by atoms with Crippen molar-refractivity contribution in [3.8, 4) is 0 Å². The summed E-state index contributed by atoms with van der Waals surface area (Å²) in [6.07, 6.45) is -6.01. The maximum atomic E-state index is 12.3. The minimum absolute atomic E-state index is 0.225. The van der Waals surface area contributed by atoms with Crippen LogP contribution in [-0.2, 0) is 33.2 Å². The molecule has 0 aromatic heterocycles. The summed E-state index contributed by atoms with van der Waals surface area (Å²) < 4.78 is 32.4. The number of rotatable bonds is 10. The third-order valence-electron chi connectivity index (χ3n) is 5.38. The SMILES string of the molecule is C=C[C@H]1[C@H](O[C@@H]2O[C@H](CO)[C@@H](O)[C@H](O)[C@H]2O)OC=C(C(=O)OC)[C@H]1CC(OC)OCC. The molecule has 2 heterocycles. The topological polar surface area (TPSA) is 153 Å². The molecule has 0 aromatic carbocycles. The molecule has 2 aliphatic heterocycles. The maximum absolute atomic E-state index is 12.3. The molecule has 0 aromatic rings. The fraction of sp³-hybridized carbons (Fsp3) is 0.750. The Hall–Kier alpha value is -1.57. The Labute approximate surface area is 180 Å². The second-order valence-electron chi connectivity index (χ2n) is 7.18. The van der Waals surface area contributed by atoms with Gasteiger partial charge >= 0.3 is 5.97 Å². The van der Waals surface area contributed by atoms with Gasteiger partial charge in [-0.05, 0) is 6.92 Å². The van der Waals surface area contributed by atoms with Gasteiger partial charge in [-0.2, -0.15) is 0 Å². The number of ether oxygens (including phenoxy) is 6. The molecule has 0 amide bonds. The number of hydrogen-bond donors (Lipinski definition) is 4. The molecule has 9 atom stereocenters. The summed E-state index contributed by atoms with van der Waals surface area (Å²) in [6, 6.07) is 0. The second-order valence-corrected chi connectivity index (χ2v) is 7.18. The lowest BCUT2D eigenvalue weighted by atomic mass is 9.81. The van der Waals surface area contributed by atoms with Gasteiger partial charge in [-0.15, -0.1) is 6.58 Å². The zero-order valence-corrected chi connectivity index (χ0v) is 17.8. The molecule has 2 aliphatic rings. The lowest BCUT2D eigenvalue weighted by molar-refractivity contribution is -0.339. The van der Waals surface area contributed by atoms with E-state index in [1.165, 1.54) is 26.6 Å². The predicted molar refractivity (Wildman–Crippen MR) is 104 cm³/mol. The number of carbonyl (C=O) groups excluding carboxylic acids is 1. The van der Waals surface area contributed by atoms with E-state index in [1.54, 1.807) is 0 Å². The summed E-state index contributed by atoms with van der Waals surface area (Å²) >= 11 is 0. The average Bonchev–Trinajstić information content (AvgIpc) is 2.78. The third kappa shape index (κ3) is 5.82. The van der Waals surface area contributed by atoms with Crippen molar-refractivity contribution >= 4 is 5.97 Å². The summed E-state index contributed by atoms with van der Waals surface area (Å²) in [7, 11) is 2.72. The average molecular weight is 448 g/mol. The highest BCUT2D eigenvalue weighted by Crippen LogP contribution is 2.38. The summed E-state index contributed by atoms with van der Waals surface area (Å²) in [4.78, 5) is 12.3. The van der Waals surface area contributed by atoms with Gasteiger partial charge in [0.2, 0.25) is 6.29 Å². The molecule has 1 saturated heterocycles. The van der Waals surface area contributed by atoms with Gasteiger partial charge in [0.05, 0.1) is 25.6 Å². The standard InChI is InChI=1S/C20H32O11/c1-5-10-11(7-14(26-3)28-6-2)12(18(25)27-4)9-29-19(10)31-20-17(24)16(23)15(22)13(8-21)30-20/h5,9-11,13-17,19-24H,1,6-8H2,2-4H3/t10-,11+,13-,14?,15-,16+,17-,19+,20+/m1/s1. The molecule has 0 radical (unpaired) electrons. The number of carbonyl (C=O) groups is 1. The van der Waals surface area contributed by atoms with Crippen molar-refractivity contribution in [1.82, 2.24) is 0 Å². The molecule has 1 fully saturated rings. The molecule has 31 heavy (non-hydrogen) atoms. The molecule has 0 bridgehead atoms. The van der Waals surface area contributed by atoms with Crippen LogP contribution in [0.5, 0.6) is 0 Å². The second kappa shape index (κ2) is 11.9. The molecular weight excluding hydrogens is 416 g/mol. The van der Waals surface area contributed by atoms with Crippen molar-refractivity contribution in [3.05, 3.63) is 24.5 Å². The number of methoxy groups -OCH3 is 2. The van der Waals surface area contributed by atoms with Crippen LogP contribution in [0, 0.1) is 11.8 Å². The fourth-order valence-electron chi connectivity index (χ4n) is 3.65. The highest BCUT2D eigenvalue weighted by Gasteiger charge is 2.47. The first kappa shape index (κ1) is 25.7. The van der Waals surface area contributed by atoms with Crippen LogP contribution in [0.1, 0.15) is 13.3 Å². The Morgan fingerprint density at radius 2 is 1.94 bits per heavy atom. The molecule has 1 unspecified atom stereocenters. The van der Waals surface area contributed by atoms with Gasteiger partial charge in [-0.3, -0.25) is 0 Å². The van der Waals surface area contributed by atoms with E-state index in [-0.39, 0.29) is 12.0 Å². The number of aliphatic hydroxyl groups is 4. The zero-order chi connectivity index (χ0) is 23.1. The van der Waals surface area contributed by atoms with E-state index in [1.807, 2.05) is 6.92 Å². The third-order valence-corrected chi connectivity index (χ3v) is 5.38. The normalized spacial score (nSPS) is 36.8. The smallest absolute Gasteiger partial charge is 0.337 e. The van der Waals surface area contributed by atoms with Gasteiger partial charge in [0.15, 0.2) is 12.6 Å². The Kier molecular flexibility index (Phi) is 9.85. The molecule has 178 valence electrons. The van der Waals surface area contributed by atoms with Gasteiger partial charge in [0.25, 0.3) is 0 Å². The Bertz CT molecular complexity index is 622. The molecule has 4 N–H and O–H groups in total. The number of hydrogen-bond acceptors (Lipinski definition) is 11. The molecule has 0 aliphatic carbocycles. The first-order valence-corrected chi connectivity index (χ1v) is 9.99. The summed E-state index contributed by atoms with van der Waals surface area (Å²) in [6.45, 7) is 5.40. The van der Waals surface area contributed by atoms with Gasteiger partial charge in [-0.25, -0.2) is 4.79 Å². The van der Waals surface area contributed by atoms with Crippen LogP contribution in [0.25, 0.3) is 0 Å². The van der Waals surface area contributed by atoms with Crippen molar-refractivity contribution in [1.29, 1.82) is 0 Å². The van der Waals surface area contributed by atoms with Crippen LogP contribution in [0.4, 0.5) is 0 Å². The summed E-state index contributed by atoms with van der Waals surface area (Å²) in [5, 5.41) is 39.5. The van der Waals surface area contributed by atoms with E-state index in [9.17, 15) is 25.2 Å². The zero-order valence-electron chi connectivity index (χ0n) is 17.8. The molecular formula is C20H32O11. The largest absolute Gasteiger partial charge is 0.471 e. The van der Waals surface area contributed by atoms with E-state index < -0.39 is 67.7 Å². The molecule has 2 rings (SSSR count). The Morgan fingerprint density at radius 1 is 1.23 bits per heavy atom. The van der Waals surface area contributed by atoms with E-state index in [0.29, 0.717) is 6.61 Å². The van der Waals surface area contributed by atoms with Crippen LogP contribution >= 0.6 is 0 Å². The van der Waals surface area contributed by atoms with Gasteiger partial charge in [-0.1, -0.05) is 6.08 Å². The first-order valence-electron chi connectivity index (χ1n) is 9.99. The number of aliphatic hydroxyl groups excluding tert-OH is 4. The van der Waals surface area contributed by atoms with Gasteiger partial charge in [0, 0.05) is 32.0 Å². The molecule has 0 saturated carbocycles. The first-order chi connectivity index (χ1) is 14.8. The lowest BCUT2D eigenvalue weighted by Gasteiger charge is -2.43. The summed E-state index contributed by atoms with van der Waals surface area (Å²) in [5.41, 5.74) is 0.225. The Balaban J connectivity index is 2.26. The summed E-state index contributed by atoms with van der Waals surface area (Å²) in [5.74, 6) is -1.76. The van der Waals surface area contributed by atoms with Crippen LogP contribution in [0.3, 0.4) is 0 Å². The predicted octanol–water partition coefficient (Wildman–Crippen LogP) is -0.966. The Morgan fingerprint density at radius 3 is 2.48 bits per heavy atom. The van der Waals surface area contributed by atoms with E-state index >= 15 is 0 Å². The fourth-order valence-corrected chi connectivity index (χ4v) is 3.65. The van der Waals surface area contributed by atoms with E-state index in [2.05, 4.69) is 6.58 Å². The van der Waals surface area contributed by atoms with Crippen molar-refractivity contribution in [2.75, 3.05) is 27.4 Å².